The van der Waals surface area contributed by atoms with E-state index in [-0.39, 0.29) is 11.1 Å². The van der Waals surface area contributed by atoms with Crippen molar-refractivity contribution in [3.05, 3.63) is 77.4 Å². The minimum absolute atomic E-state index is 0.0348. The Balaban J connectivity index is 2.40. The number of hydrogen-bond acceptors (Lipinski definition) is 1. The zero-order valence-electron chi connectivity index (χ0n) is 11.6. The van der Waals surface area contributed by atoms with Crippen molar-refractivity contribution in [2.24, 2.45) is 0 Å². The van der Waals surface area contributed by atoms with Crippen molar-refractivity contribution in [2.75, 3.05) is 7.11 Å². The highest BCUT2D eigenvalue weighted by Crippen LogP contribution is 2.36. The van der Waals surface area contributed by atoms with Gasteiger partial charge in [0.2, 0.25) is 0 Å². The van der Waals surface area contributed by atoms with Crippen LogP contribution in [0, 0.1) is 0 Å². The lowest BCUT2D eigenvalue weighted by atomic mass is 9.97. The molecule has 0 N–H and O–H groups in total. The van der Waals surface area contributed by atoms with Gasteiger partial charge in [-0.05, 0) is 11.6 Å². The van der Waals surface area contributed by atoms with Crippen LogP contribution in [-0.4, -0.2) is 7.11 Å². The summed E-state index contributed by atoms with van der Waals surface area (Å²) in [4.78, 5) is 0. The Morgan fingerprint density at radius 1 is 1.14 bits per heavy atom. The Morgan fingerprint density at radius 2 is 1.81 bits per heavy atom. The van der Waals surface area contributed by atoms with Crippen LogP contribution in [0.4, 0.5) is 8.78 Å². The van der Waals surface area contributed by atoms with Gasteiger partial charge in [-0.2, -0.15) is 8.78 Å². The first kappa shape index (κ1) is 15.7. The van der Waals surface area contributed by atoms with E-state index in [0.29, 0.717) is 16.7 Å². The van der Waals surface area contributed by atoms with E-state index in [2.05, 4.69) is 22.5 Å². The number of alkyl halides is 3. The molecule has 0 heterocycles. The highest BCUT2D eigenvalue weighted by atomic mass is 79.9. The summed E-state index contributed by atoms with van der Waals surface area (Å²) in [5, 5.41) is 0.641. The number of ether oxygens (including phenoxy) is 1. The molecule has 0 saturated carbocycles. The number of benzene rings is 2. The zero-order valence-corrected chi connectivity index (χ0v) is 13.2. The second-order valence-corrected chi connectivity index (χ2v) is 5.17. The predicted octanol–water partition coefficient (Wildman–Crippen LogP) is 5.34. The van der Waals surface area contributed by atoms with Crippen molar-refractivity contribution < 1.29 is 13.5 Å². The SMILES string of the molecule is C=C(OC)c1cccc(C(F)(F)c2ccc(CBr)cc2)c1. The smallest absolute Gasteiger partial charge is 0.298 e. The third kappa shape index (κ3) is 3.32. The van der Waals surface area contributed by atoms with Gasteiger partial charge in [0.1, 0.15) is 5.76 Å². The van der Waals surface area contributed by atoms with Gasteiger partial charge in [0.15, 0.2) is 0 Å². The lowest BCUT2D eigenvalue weighted by molar-refractivity contribution is 0.0428. The molecule has 2 rings (SSSR count). The van der Waals surface area contributed by atoms with E-state index in [0.717, 1.165) is 5.56 Å². The molecule has 0 unspecified atom stereocenters. The molecule has 21 heavy (non-hydrogen) atoms. The molecular weight excluding hydrogens is 338 g/mol. The highest BCUT2D eigenvalue weighted by Gasteiger charge is 2.34. The van der Waals surface area contributed by atoms with Gasteiger partial charge in [0.25, 0.3) is 5.92 Å². The minimum atomic E-state index is -3.06. The fraction of sp³-hybridized carbons (Fsp3) is 0.176. The first-order valence-electron chi connectivity index (χ1n) is 6.36. The molecule has 110 valence electrons. The summed E-state index contributed by atoms with van der Waals surface area (Å²) in [6, 6.07) is 12.4. The molecule has 0 bridgehead atoms. The fourth-order valence-electron chi connectivity index (χ4n) is 1.98. The van der Waals surface area contributed by atoms with Crippen LogP contribution >= 0.6 is 15.9 Å². The van der Waals surface area contributed by atoms with Gasteiger partial charge in [-0.1, -0.05) is 65.0 Å². The van der Waals surface area contributed by atoms with Gasteiger partial charge in [-0.25, -0.2) is 0 Å². The number of methoxy groups -OCH3 is 1. The average molecular weight is 353 g/mol. The van der Waals surface area contributed by atoms with E-state index >= 15 is 0 Å². The Kier molecular flexibility index (Phi) is 4.78. The summed E-state index contributed by atoms with van der Waals surface area (Å²) >= 11 is 3.30. The average Bonchev–Trinajstić information content (AvgIpc) is 2.54. The second kappa shape index (κ2) is 6.39. The molecule has 0 spiro atoms. The van der Waals surface area contributed by atoms with E-state index in [1.54, 1.807) is 24.3 Å². The van der Waals surface area contributed by atoms with Crippen molar-refractivity contribution in [3.8, 4) is 0 Å². The van der Waals surface area contributed by atoms with Crippen molar-refractivity contribution in [1.29, 1.82) is 0 Å². The van der Waals surface area contributed by atoms with E-state index in [1.165, 1.54) is 31.4 Å². The topological polar surface area (TPSA) is 9.23 Å². The normalized spacial score (nSPS) is 11.2. The van der Waals surface area contributed by atoms with Crippen LogP contribution in [0.3, 0.4) is 0 Å². The third-order valence-electron chi connectivity index (χ3n) is 3.26. The molecular formula is C17H15BrF2O. The van der Waals surface area contributed by atoms with Crippen LogP contribution in [0.1, 0.15) is 22.3 Å². The van der Waals surface area contributed by atoms with E-state index in [4.69, 9.17) is 4.74 Å². The van der Waals surface area contributed by atoms with Crippen molar-refractivity contribution in [2.45, 2.75) is 11.3 Å². The molecule has 4 heteroatoms. The lowest BCUT2D eigenvalue weighted by Crippen LogP contribution is -2.15. The maximum atomic E-state index is 14.6. The Hall–Kier alpha value is -1.68. The monoisotopic (exact) mass is 352 g/mol. The van der Waals surface area contributed by atoms with Gasteiger partial charge in [-0.15, -0.1) is 0 Å². The van der Waals surface area contributed by atoms with Crippen LogP contribution in [-0.2, 0) is 16.0 Å². The molecule has 0 amide bonds. The van der Waals surface area contributed by atoms with Gasteiger partial charge in [0.05, 0.1) is 7.11 Å². The second-order valence-electron chi connectivity index (χ2n) is 4.61. The summed E-state index contributed by atoms with van der Waals surface area (Å²) in [6.07, 6.45) is 0. The van der Waals surface area contributed by atoms with Gasteiger partial charge in [0, 0.05) is 22.0 Å². The third-order valence-corrected chi connectivity index (χ3v) is 3.91. The molecule has 0 atom stereocenters. The van der Waals surface area contributed by atoms with Gasteiger partial charge >= 0.3 is 0 Å². The molecule has 0 aliphatic heterocycles. The molecule has 0 fully saturated rings. The molecule has 2 aromatic rings. The van der Waals surface area contributed by atoms with Crippen LogP contribution < -0.4 is 0 Å². The molecule has 0 aromatic heterocycles. The molecule has 1 nitrogen and oxygen atoms in total. The Labute approximate surface area is 131 Å². The van der Waals surface area contributed by atoms with Crippen molar-refractivity contribution in [1.82, 2.24) is 0 Å². The highest BCUT2D eigenvalue weighted by molar-refractivity contribution is 9.08. The summed E-state index contributed by atoms with van der Waals surface area (Å²) < 4.78 is 34.2. The van der Waals surface area contributed by atoms with Gasteiger partial charge in [-0.3, -0.25) is 0 Å². The lowest BCUT2D eigenvalue weighted by Gasteiger charge is -2.18. The first-order chi connectivity index (χ1) is 9.98. The number of halogens is 3. The van der Waals surface area contributed by atoms with Crippen molar-refractivity contribution >= 4 is 21.7 Å². The fourth-order valence-corrected chi connectivity index (χ4v) is 2.35. The predicted molar refractivity (Wildman–Crippen MR) is 84.6 cm³/mol. The van der Waals surface area contributed by atoms with Crippen molar-refractivity contribution in [3.63, 3.8) is 0 Å². The Bertz CT molecular complexity index is 635. The molecule has 0 radical (unpaired) electrons. The summed E-state index contributed by atoms with van der Waals surface area (Å²) in [7, 11) is 1.46. The van der Waals surface area contributed by atoms with Crippen LogP contribution in [0.2, 0.25) is 0 Å². The van der Waals surface area contributed by atoms with E-state index < -0.39 is 5.92 Å². The standard InChI is InChI=1S/C17H15BrF2O/c1-12(21-2)14-4-3-5-16(10-14)17(19,20)15-8-6-13(11-18)7-9-15/h3-10H,1,11H2,2H3. The maximum Gasteiger partial charge on any atom is 0.298 e. The quantitative estimate of drug-likeness (QED) is 0.521. The van der Waals surface area contributed by atoms with E-state index in [9.17, 15) is 8.78 Å². The van der Waals surface area contributed by atoms with E-state index in [1.807, 2.05) is 0 Å². The minimum Gasteiger partial charge on any atom is -0.497 e. The Morgan fingerprint density at radius 3 is 2.38 bits per heavy atom. The molecule has 0 aliphatic rings. The molecule has 0 aliphatic carbocycles. The summed E-state index contributed by atoms with van der Waals surface area (Å²) in [5.74, 6) is -2.70. The number of hydrogen-bond donors (Lipinski definition) is 0. The maximum absolute atomic E-state index is 14.6. The summed E-state index contributed by atoms with van der Waals surface area (Å²) in [5.41, 5.74) is 1.39. The zero-order chi connectivity index (χ0) is 15.5. The van der Waals surface area contributed by atoms with Crippen LogP contribution in [0.25, 0.3) is 5.76 Å². The summed E-state index contributed by atoms with van der Waals surface area (Å²) in [6.45, 7) is 3.69. The largest absolute Gasteiger partial charge is 0.497 e. The van der Waals surface area contributed by atoms with Crippen LogP contribution in [0.5, 0.6) is 0 Å². The molecule has 2 aromatic carbocycles. The molecule has 0 saturated heterocycles. The van der Waals surface area contributed by atoms with Gasteiger partial charge < -0.3 is 4.74 Å². The number of rotatable bonds is 5. The van der Waals surface area contributed by atoms with Crippen LogP contribution in [0.15, 0.2) is 55.1 Å². The first-order valence-corrected chi connectivity index (χ1v) is 7.48.